The first kappa shape index (κ1) is 18.3. The number of hydrogen-bond acceptors (Lipinski definition) is 4. The van der Waals surface area contributed by atoms with E-state index in [1.54, 1.807) is 36.4 Å². The number of carbonyl (C=O) groups excluding carboxylic acids is 2. The van der Waals surface area contributed by atoms with Crippen LogP contribution in [0.4, 0.5) is 0 Å². The summed E-state index contributed by atoms with van der Waals surface area (Å²) in [7, 11) is -3.72. The van der Waals surface area contributed by atoms with Gasteiger partial charge >= 0.3 is 0 Å². The number of sulfonamides is 1. The summed E-state index contributed by atoms with van der Waals surface area (Å²) in [4.78, 5) is 26.9. The van der Waals surface area contributed by atoms with E-state index in [-0.39, 0.29) is 18.0 Å². The van der Waals surface area contributed by atoms with Crippen LogP contribution in [0.1, 0.15) is 26.3 Å². The number of imide groups is 1. The van der Waals surface area contributed by atoms with Crippen molar-refractivity contribution < 1.29 is 18.0 Å². The second-order valence-corrected chi connectivity index (χ2v) is 8.45. The second kappa shape index (κ2) is 6.85. The van der Waals surface area contributed by atoms with E-state index in [1.807, 2.05) is 25.1 Å². The van der Waals surface area contributed by atoms with Gasteiger partial charge in [0.05, 0.1) is 4.90 Å². The van der Waals surface area contributed by atoms with Crippen molar-refractivity contribution in [2.24, 2.45) is 0 Å². The van der Waals surface area contributed by atoms with E-state index in [0.717, 1.165) is 15.8 Å². The van der Waals surface area contributed by atoms with Crippen LogP contribution in [0.25, 0.3) is 10.8 Å². The third-order valence-corrected chi connectivity index (χ3v) is 6.24. The molecule has 0 spiro atoms. The molecule has 142 valence electrons. The molecule has 0 radical (unpaired) electrons. The van der Waals surface area contributed by atoms with Crippen LogP contribution in [0.3, 0.4) is 0 Å². The third-order valence-electron chi connectivity index (χ3n) is 4.78. The van der Waals surface area contributed by atoms with Gasteiger partial charge in [0.25, 0.3) is 11.8 Å². The lowest BCUT2D eigenvalue weighted by Crippen LogP contribution is -2.44. The van der Waals surface area contributed by atoms with Gasteiger partial charge in [-0.2, -0.15) is 0 Å². The van der Waals surface area contributed by atoms with E-state index in [2.05, 4.69) is 4.72 Å². The van der Waals surface area contributed by atoms with Crippen molar-refractivity contribution in [3.05, 3.63) is 77.4 Å². The van der Waals surface area contributed by atoms with E-state index in [9.17, 15) is 18.0 Å². The zero-order chi connectivity index (χ0) is 19.9. The van der Waals surface area contributed by atoms with E-state index in [0.29, 0.717) is 16.5 Å². The van der Waals surface area contributed by atoms with Gasteiger partial charge in [-0.05, 0) is 42.1 Å². The lowest BCUT2D eigenvalue weighted by Gasteiger charge is -2.27. The van der Waals surface area contributed by atoms with Crippen LogP contribution in [0.15, 0.2) is 65.6 Å². The summed E-state index contributed by atoms with van der Waals surface area (Å²) in [5.74, 6) is -0.826. The molecule has 0 unspecified atom stereocenters. The molecule has 4 rings (SSSR count). The maximum Gasteiger partial charge on any atom is 0.261 e. The quantitative estimate of drug-likeness (QED) is 0.675. The molecular formula is C21H18N2O4S. The van der Waals surface area contributed by atoms with Crippen LogP contribution in [0.2, 0.25) is 0 Å². The molecule has 6 nitrogen and oxygen atoms in total. The van der Waals surface area contributed by atoms with Crippen LogP contribution in [-0.4, -0.2) is 38.2 Å². The van der Waals surface area contributed by atoms with Crippen LogP contribution >= 0.6 is 0 Å². The summed E-state index contributed by atoms with van der Waals surface area (Å²) in [6, 6.07) is 17.2. The van der Waals surface area contributed by atoms with E-state index in [1.165, 1.54) is 6.07 Å². The van der Waals surface area contributed by atoms with Crippen molar-refractivity contribution in [1.29, 1.82) is 0 Å². The smallest absolute Gasteiger partial charge is 0.261 e. The Hall–Kier alpha value is -3.03. The fourth-order valence-electron chi connectivity index (χ4n) is 3.44. The van der Waals surface area contributed by atoms with Crippen LogP contribution < -0.4 is 4.72 Å². The van der Waals surface area contributed by atoms with Crippen molar-refractivity contribution >= 4 is 32.6 Å². The molecule has 28 heavy (non-hydrogen) atoms. The Bertz CT molecular complexity index is 1170. The number of hydrogen-bond donors (Lipinski definition) is 1. The standard InChI is InChI=1S/C21H18N2O4S/c1-14-5-2-8-16(13-14)28(26,27)22-11-12-23-20(24)17-9-3-6-15-7-4-10-18(19(15)17)21(23)25/h2-10,13,22H,11-12H2,1H3. The van der Waals surface area contributed by atoms with Gasteiger partial charge in [-0.3, -0.25) is 14.5 Å². The third kappa shape index (κ3) is 3.08. The molecule has 3 aromatic rings. The molecule has 0 aromatic heterocycles. The zero-order valence-corrected chi connectivity index (χ0v) is 16.0. The SMILES string of the molecule is Cc1cccc(S(=O)(=O)NCCN2C(=O)c3cccc4cccc(c34)C2=O)c1. The number of nitrogens with zero attached hydrogens (tertiary/aromatic N) is 1. The highest BCUT2D eigenvalue weighted by molar-refractivity contribution is 7.89. The van der Waals surface area contributed by atoms with Crippen molar-refractivity contribution in [3.8, 4) is 0 Å². The number of rotatable bonds is 5. The molecule has 0 bridgehead atoms. The van der Waals surface area contributed by atoms with E-state index < -0.39 is 21.8 Å². The first-order chi connectivity index (χ1) is 13.4. The first-order valence-electron chi connectivity index (χ1n) is 8.83. The molecule has 7 heteroatoms. The van der Waals surface area contributed by atoms with Crippen molar-refractivity contribution in [1.82, 2.24) is 9.62 Å². The van der Waals surface area contributed by atoms with E-state index >= 15 is 0 Å². The number of aryl methyl sites for hydroxylation is 1. The average molecular weight is 394 g/mol. The Morgan fingerprint density at radius 3 is 2.11 bits per heavy atom. The topological polar surface area (TPSA) is 83.6 Å². The Kier molecular flexibility index (Phi) is 4.49. The van der Waals surface area contributed by atoms with Gasteiger partial charge in [0, 0.05) is 29.6 Å². The zero-order valence-electron chi connectivity index (χ0n) is 15.2. The summed E-state index contributed by atoms with van der Waals surface area (Å²) >= 11 is 0. The van der Waals surface area contributed by atoms with Crippen LogP contribution in [0, 0.1) is 6.92 Å². The van der Waals surface area contributed by atoms with E-state index in [4.69, 9.17) is 0 Å². The summed E-state index contributed by atoms with van der Waals surface area (Å²) in [5.41, 5.74) is 1.73. The summed E-state index contributed by atoms with van der Waals surface area (Å²) in [6.07, 6.45) is 0. The maximum atomic E-state index is 12.8. The van der Waals surface area contributed by atoms with Crippen LogP contribution in [-0.2, 0) is 10.0 Å². The highest BCUT2D eigenvalue weighted by Gasteiger charge is 2.32. The Labute approximate surface area is 162 Å². The molecule has 1 aliphatic heterocycles. The van der Waals surface area contributed by atoms with Gasteiger partial charge < -0.3 is 0 Å². The molecule has 1 heterocycles. The fourth-order valence-corrected chi connectivity index (χ4v) is 4.57. The monoisotopic (exact) mass is 394 g/mol. The summed E-state index contributed by atoms with van der Waals surface area (Å²) in [5, 5.41) is 1.48. The summed E-state index contributed by atoms with van der Waals surface area (Å²) in [6.45, 7) is 1.70. The average Bonchev–Trinajstić information content (AvgIpc) is 2.68. The molecule has 1 aliphatic rings. The highest BCUT2D eigenvalue weighted by Crippen LogP contribution is 2.29. The number of carbonyl (C=O) groups is 2. The fraction of sp³-hybridized carbons (Fsp3) is 0.143. The Morgan fingerprint density at radius 2 is 1.50 bits per heavy atom. The molecule has 0 fully saturated rings. The Morgan fingerprint density at radius 1 is 0.893 bits per heavy atom. The molecule has 1 N–H and O–H groups in total. The van der Waals surface area contributed by atoms with Crippen molar-refractivity contribution in [2.45, 2.75) is 11.8 Å². The van der Waals surface area contributed by atoms with Gasteiger partial charge in [-0.1, -0.05) is 36.4 Å². The Balaban J connectivity index is 1.55. The molecular weight excluding hydrogens is 376 g/mol. The number of amides is 2. The van der Waals surface area contributed by atoms with Gasteiger partial charge in [-0.15, -0.1) is 0 Å². The first-order valence-corrected chi connectivity index (χ1v) is 10.3. The van der Waals surface area contributed by atoms with Crippen molar-refractivity contribution in [2.75, 3.05) is 13.1 Å². The van der Waals surface area contributed by atoms with Crippen LogP contribution in [0.5, 0.6) is 0 Å². The van der Waals surface area contributed by atoms with Crippen molar-refractivity contribution in [3.63, 3.8) is 0 Å². The molecule has 0 atom stereocenters. The normalized spacial score (nSPS) is 14.0. The molecule has 0 saturated carbocycles. The second-order valence-electron chi connectivity index (χ2n) is 6.69. The predicted octanol–water partition coefficient (Wildman–Crippen LogP) is 2.72. The lowest BCUT2D eigenvalue weighted by molar-refractivity contribution is 0.0614. The minimum atomic E-state index is -3.72. The highest BCUT2D eigenvalue weighted by atomic mass is 32.2. The predicted molar refractivity (Wildman–Crippen MR) is 106 cm³/mol. The molecule has 2 amide bonds. The summed E-state index contributed by atoms with van der Waals surface area (Å²) < 4.78 is 27.3. The minimum Gasteiger partial charge on any atom is -0.273 e. The van der Waals surface area contributed by atoms with Gasteiger partial charge in [0.15, 0.2) is 0 Å². The number of benzene rings is 3. The van der Waals surface area contributed by atoms with Gasteiger partial charge in [-0.25, -0.2) is 13.1 Å². The molecule has 0 aliphatic carbocycles. The van der Waals surface area contributed by atoms with Gasteiger partial charge in [0.2, 0.25) is 10.0 Å². The lowest BCUT2D eigenvalue weighted by atomic mass is 9.94. The molecule has 3 aromatic carbocycles. The largest absolute Gasteiger partial charge is 0.273 e. The van der Waals surface area contributed by atoms with Gasteiger partial charge in [0.1, 0.15) is 0 Å². The molecule has 0 saturated heterocycles. The maximum absolute atomic E-state index is 12.8. The minimum absolute atomic E-state index is 0.0482. The number of nitrogens with one attached hydrogen (secondary N) is 1.